The Morgan fingerprint density at radius 1 is 1.35 bits per heavy atom. The average molecular weight is 353 g/mol. The largest absolute Gasteiger partial charge is 0.478 e. The minimum Gasteiger partial charge on any atom is -0.478 e. The van der Waals surface area contributed by atoms with E-state index in [0.29, 0.717) is 5.75 Å². The highest BCUT2D eigenvalue weighted by Gasteiger charge is 2.20. The summed E-state index contributed by atoms with van der Waals surface area (Å²) >= 11 is 0. The third-order valence-corrected chi connectivity index (χ3v) is 3.33. The van der Waals surface area contributed by atoms with Crippen molar-refractivity contribution < 1.29 is 19.6 Å². The van der Waals surface area contributed by atoms with Gasteiger partial charge in [0.1, 0.15) is 17.5 Å². The summed E-state index contributed by atoms with van der Waals surface area (Å²) in [4.78, 5) is 21.2. The van der Waals surface area contributed by atoms with Crippen molar-refractivity contribution in [2.24, 2.45) is 0 Å². The van der Waals surface area contributed by atoms with Gasteiger partial charge in [0.15, 0.2) is 0 Å². The third-order valence-electron chi connectivity index (χ3n) is 3.33. The number of carboxylic acids is 1. The second-order valence-electron chi connectivity index (χ2n) is 5.27. The molecule has 0 aromatic heterocycles. The number of benzene rings is 2. The Morgan fingerprint density at radius 2 is 2.04 bits per heavy atom. The molecule has 0 saturated heterocycles. The van der Waals surface area contributed by atoms with Gasteiger partial charge in [-0.25, -0.2) is 4.79 Å². The van der Waals surface area contributed by atoms with E-state index in [0.717, 1.165) is 6.08 Å². The van der Waals surface area contributed by atoms with Gasteiger partial charge >= 0.3 is 5.97 Å². The van der Waals surface area contributed by atoms with Crippen LogP contribution in [0.25, 0.3) is 0 Å². The van der Waals surface area contributed by atoms with Gasteiger partial charge in [-0.3, -0.25) is 10.1 Å². The van der Waals surface area contributed by atoms with Crippen LogP contribution in [0.1, 0.15) is 18.5 Å². The Morgan fingerprint density at radius 3 is 2.62 bits per heavy atom. The van der Waals surface area contributed by atoms with Gasteiger partial charge in [-0.2, -0.15) is 5.26 Å². The van der Waals surface area contributed by atoms with E-state index in [9.17, 15) is 20.2 Å². The maximum absolute atomic E-state index is 11.1. The molecule has 2 aromatic rings. The lowest BCUT2D eigenvalue weighted by molar-refractivity contribution is -0.384. The molecule has 0 bridgehead atoms. The molecule has 2 aromatic carbocycles. The SMILES string of the molecule is CC(=CC(=O)O)NC(C#N)c1cc([N+](=O)[O-])ccc1Oc1ccccc1. The molecule has 0 radical (unpaired) electrons. The molecule has 0 aliphatic carbocycles. The predicted octanol–water partition coefficient (Wildman–Crippen LogP) is 3.53. The molecule has 0 spiro atoms. The van der Waals surface area contributed by atoms with E-state index < -0.39 is 16.9 Å². The highest BCUT2D eigenvalue weighted by Crippen LogP contribution is 2.33. The molecule has 0 aliphatic heterocycles. The zero-order chi connectivity index (χ0) is 19.1. The van der Waals surface area contributed by atoms with Gasteiger partial charge in [-0.1, -0.05) is 18.2 Å². The van der Waals surface area contributed by atoms with Crippen molar-refractivity contribution in [1.29, 1.82) is 5.26 Å². The molecule has 0 aliphatic rings. The molecule has 0 amide bonds. The Balaban J connectivity index is 2.44. The number of non-ortho nitro benzene ring substituents is 1. The van der Waals surface area contributed by atoms with Crippen molar-refractivity contribution in [2.45, 2.75) is 13.0 Å². The Bertz CT molecular complexity index is 887. The quantitative estimate of drug-likeness (QED) is 0.443. The summed E-state index contributed by atoms with van der Waals surface area (Å²) in [6.45, 7) is 1.48. The number of rotatable bonds is 7. The Kier molecular flexibility index (Phi) is 5.90. The van der Waals surface area contributed by atoms with Gasteiger partial charge < -0.3 is 15.2 Å². The first-order chi connectivity index (χ1) is 12.4. The lowest BCUT2D eigenvalue weighted by atomic mass is 10.1. The number of ether oxygens (including phenoxy) is 1. The maximum Gasteiger partial charge on any atom is 0.330 e. The zero-order valence-electron chi connectivity index (χ0n) is 13.7. The Hall–Kier alpha value is -3.86. The summed E-state index contributed by atoms with van der Waals surface area (Å²) in [7, 11) is 0. The molecule has 0 fully saturated rings. The van der Waals surface area contributed by atoms with E-state index >= 15 is 0 Å². The standard InChI is InChI=1S/C18H15N3O5/c1-12(9-18(22)23)20-16(11-19)15-10-13(21(24)25)7-8-17(15)26-14-5-3-2-4-6-14/h2-10,16,20H,1H3,(H,22,23). The van der Waals surface area contributed by atoms with Crippen molar-refractivity contribution in [3.63, 3.8) is 0 Å². The van der Waals surface area contributed by atoms with Crippen LogP contribution in [0.3, 0.4) is 0 Å². The highest BCUT2D eigenvalue weighted by atomic mass is 16.6. The number of para-hydroxylation sites is 1. The van der Waals surface area contributed by atoms with Crippen LogP contribution in [0.4, 0.5) is 5.69 Å². The molecule has 2 N–H and O–H groups in total. The second-order valence-corrected chi connectivity index (χ2v) is 5.27. The van der Waals surface area contributed by atoms with Gasteiger partial charge in [-0.05, 0) is 25.1 Å². The number of nitriles is 1. The summed E-state index contributed by atoms with van der Waals surface area (Å²) in [5.41, 5.74) is 0.243. The number of allylic oxidation sites excluding steroid dienone is 1. The molecule has 0 saturated carbocycles. The van der Waals surface area contributed by atoms with Crippen molar-refractivity contribution in [2.75, 3.05) is 0 Å². The predicted molar refractivity (Wildman–Crippen MR) is 92.5 cm³/mol. The fourth-order valence-electron chi connectivity index (χ4n) is 2.22. The summed E-state index contributed by atoms with van der Waals surface area (Å²) in [5, 5.41) is 32.1. The van der Waals surface area contributed by atoms with Gasteiger partial charge in [-0.15, -0.1) is 0 Å². The molecule has 2 rings (SSSR count). The van der Waals surface area contributed by atoms with Crippen molar-refractivity contribution >= 4 is 11.7 Å². The lowest BCUT2D eigenvalue weighted by Gasteiger charge is -2.17. The third kappa shape index (κ3) is 4.82. The van der Waals surface area contributed by atoms with Crippen LogP contribution in [-0.4, -0.2) is 16.0 Å². The van der Waals surface area contributed by atoms with E-state index in [1.165, 1.54) is 25.1 Å². The smallest absolute Gasteiger partial charge is 0.330 e. The van der Waals surface area contributed by atoms with Crippen LogP contribution in [0.15, 0.2) is 60.3 Å². The number of aliphatic carboxylic acids is 1. The van der Waals surface area contributed by atoms with Gasteiger partial charge in [0.05, 0.1) is 11.0 Å². The Labute approximate surface area is 149 Å². The van der Waals surface area contributed by atoms with Crippen molar-refractivity contribution in [1.82, 2.24) is 5.32 Å². The van der Waals surface area contributed by atoms with Crippen LogP contribution in [0, 0.1) is 21.4 Å². The molecule has 132 valence electrons. The second kappa shape index (κ2) is 8.30. The molecular formula is C18H15N3O5. The van der Waals surface area contributed by atoms with E-state index in [-0.39, 0.29) is 22.7 Å². The van der Waals surface area contributed by atoms with Gasteiger partial charge in [0.25, 0.3) is 5.69 Å². The normalized spacial score (nSPS) is 11.9. The van der Waals surface area contributed by atoms with Crippen LogP contribution in [-0.2, 0) is 4.79 Å². The number of nitrogens with zero attached hydrogens (tertiary/aromatic N) is 2. The molecular weight excluding hydrogens is 338 g/mol. The van der Waals surface area contributed by atoms with E-state index in [4.69, 9.17) is 9.84 Å². The fraction of sp³-hybridized carbons (Fsp3) is 0.111. The first kappa shape index (κ1) is 18.5. The average Bonchev–Trinajstić information content (AvgIpc) is 2.60. The summed E-state index contributed by atoms with van der Waals surface area (Å²) < 4.78 is 5.74. The monoisotopic (exact) mass is 353 g/mol. The van der Waals surface area contributed by atoms with Crippen molar-refractivity contribution in [3.8, 4) is 17.6 Å². The first-order valence-corrected chi connectivity index (χ1v) is 7.49. The maximum atomic E-state index is 11.1. The molecule has 8 nitrogen and oxygen atoms in total. The number of nitro benzene ring substituents is 1. The van der Waals surface area contributed by atoms with Gasteiger partial charge in [0, 0.05) is 29.5 Å². The van der Waals surface area contributed by atoms with Crippen LogP contribution in [0.2, 0.25) is 0 Å². The minimum atomic E-state index is -1.17. The van der Waals surface area contributed by atoms with Crippen LogP contribution in [0.5, 0.6) is 11.5 Å². The van der Waals surface area contributed by atoms with Crippen LogP contribution >= 0.6 is 0 Å². The molecule has 0 heterocycles. The zero-order valence-corrected chi connectivity index (χ0v) is 13.7. The number of carbonyl (C=O) groups is 1. The molecule has 1 atom stereocenters. The van der Waals surface area contributed by atoms with Gasteiger partial charge in [0.2, 0.25) is 0 Å². The van der Waals surface area contributed by atoms with Crippen LogP contribution < -0.4 is 10.1 Å². The number of carboxylic acid groups (broad SMARTS) is 1. The number of nitro groups is 1. The van der Waals surface area contributed by atoms with Crippen molar-refractivity contribution in [3.05, 3.63) is 76.0 Å². The number of hydrogen-bond donors (Lipinski definition) is 2. The molecule has 8 heteroatoms. The topological polar surface area (TPSA) is 125 Å². The van der Waals surface area contributed by atoms with E-state index in [2.05, 4.69) is 5.32 Å². The van der Waals surface area contributed by atoms with E-state index in [1.807, 2.05) is 12.1 Å². The number of nitrogens with one attached hydrogen (secondary N) is 1. The highest BCUT2D eigenvalue weighted by molar-refractivity contribution is 5.80. The number of hydrogen-bond acceptors (Lipinski definition) is 6. The summed E-state index contributed by atoms with van der Waals surface area (Å²) in [6, 6.07) is 13.6. The first-order valence-electron chi connectivity index (χ1n) is 7.49. The summed E-state index contributed by atoms with van der Waals surface area (Å²) in [6.07, 6.45) is 0.902. The molecule has 26 heavy (non-hydrogen) atoms. The minimum absolute atomic E-state index is 0.206. The van der Waals surface area contributed by atoms with E-state index in [1.54, 1.807) is 24.3 Å². The molecule has 1 unspecified atom stereocenters. The summed E-state index contributed by atoms with van der Waals surface area (Å²) in [5.74, 6) is -0.424. The fourth-order valence-corrected chi connectivity index (χ4v) is 2.22. The lowest BCUT2D eigenvalue weighted by Crippen LogP contribution is -2.19.